The van der Waals surface area contributed by atoms with Gasteiger partial charge in [-0.05, 0) is 66.7 Å². The molecule has 3 aromatic rings. The van der Waals surface area contributed by atoms with E-state index in [-0.39, 0.29) is 11.5 Å². The van der Waals surface area contributed by atoms with E-state index in [4.69, 9.17) is 27.9 Å². The first kappa shape index (κ1) is 26.3. The third-order valence-electron chi connectivity index (χ3n) is 5.23. The molecule has 0 unspecified atom stereocenters. The van der Waals surface area contributed by atoms with Gasteiger partial charge in [0.25, 0.3) is 11.1 Å². The molecule has 36 heavy (non-hydrogen) atoms. The maximum atomic E-state index is 13.0. The van der Waals surface area contributed by atoms with Crippen molar-refractivity contribution >= 4 is 79.7 Å². The average Bonchev–Trinajstić information content (AvgIpc) is 3.09. The Balaban J connectivity index is 1.48. The van der Waals surface area contributed by atoms with Crippen LogP contribution in [-0.2, 0) is 16.2 Å². The molecule has 3 amide bonds. The second-order valence-electron chi connectivity index (χ2n) is 7.84. The summed E-state index contributed by atoms with van der Waals surface area (Å²) in [5.41, 5.74) is 2.76. The fourth-order valence-electron chi connectivity index (χ4n) is 3.33. The summed E-state index contributed by atoms with van der Waals surface area (Å²) in [6.07, 6.45) is 1.58. The maximum Gasteiger partial charge on any atom is 0.294 e. The monoisotopic (exact) mass is 604 g/mol. The SMILES string of the molecule is Cc1ccc(NC(=O)CN2C(=O)S/C(=C/c3cc(Br)ccc3OCc3ccccc3Cl)C2=O)cc1Cl. The van der Waals surface area contributed by atoms with Crippen LogP contribution in [0, 0.1) is 6.92 Å². The van der Waals surface area contributed by atoms with Gasteiger partial charge in [-0.2, -0.15) is 0 Å². The zero-order chi connectivity index (χ0) is 25.8. The summed E-state index contributed by atoms with van der Waals surface area (Å²) in [7, 11) is 0. The van der Waals surface area contributed by atoms with Crippen LogP contribution in [-0.4, -0.2) is 28.5 Å². The van der Waals surface area contributed by atoms with Gasteiger partial charge in [-0.3, -0.25) is 19.3 Å². The summed E-state index contributed by atoms with van der Waals surface area (Å²) in [5, 5.41) is 3.22. The van der Waals surface area contributed by atoms with Crippen molar-refractivity contribution < 1.29 is 19.1 Å². The molecule has 10 heteroatoms. The number of thioether (sulfide) groups is 1. The highest BCUT2D eigenvalue weighted by atomic mass is 79.9. The number of amides is 3. The first-order chi connectivity index (χ1) is 17.2. The summed E-state index contributed by atoms with van der Waals surface area (Å²) < 4.78 is 6.74. The maximum absolute atomic E-state index is 13.0. The minimum Gasteiger partial charge on any atom is -0.488 e. The van der Waals surface area contributed by atoms with Crippen LogP contribution in [0.3, 0.4) is 0 Å². The predicted molar refractivity (Wildman–Crippen MR) is 147 cm³/mol. The molecule has 3 aromatic carbocycles. The number of imide groups is 1. The second kappa shape index (κ2) is 11.5. The Morgan fingerprint density at radius 2 is 1.86 bits per heavy atom. The minimum absolute atomic E-state index is 0.187. The molecule has 0 aromatic heterocycles. The lowest BCUT2D eigenvalue weighted by molar-refractivity contribution is -0.127. The van der Waals surface area contributed by atoms with Crippen molar-refractivity contribution in [2.45, 2.75) is 13.5 Å². The van der Waals surface area contributed by atoms with E-state index in [1.165, 1.54) is 0 Å². The number of rotatable bonds is 7. The Kier molecular flexibility index (Phi) is 8.41. The lowest BCUT2D eigenvalue weighted by Crippen LogP contribution is -2.36. The van der Waals surface area contributed by atoms with Gasteiger partial charge in [0.15, 0.2) is 0 Å². The molecule has 1 aliphatic heterocycles. The molecule has 0 saturated carbocycles. The quantitative estimate of drug-likeness (QED) is 0.286. The third kappa shape index (κ3) is 6.31. The zero-order valence-corrected chi connectivity index (χ0v) is 22.8. The molecule has 6 nitrogen and oxygen atoms in total. The first-order valence-corrected chi connectivity index (χ1v) is 13.0. The molecule has 0 radical (unpaired) electrons. The van der Waals surface area contributed by atoms with E-state index in [0.717, 1.165) is 32.3 Å². The van der Waals surface area contributed by atoms with Gasteiger partial charge < -0.3 is 10.1 Å². The highest BCUT2D eigenvalue weighted by Gasteiger charge is 2.36. The molecule has 0 spiro atoms. The van der Waals surface area contributed by atoms with E-state index < -0.39 is 23.6 Å². The van der Waals surface area contributed by atoms with Crippen molar-refractivity contribution in [2.75, 3.05) is 11.9 Å². The number of hydrogen-bond acceptors (Lipinski definition) is 5. The van der Waals surface area contributed by atoms with Crippen LogP contribution in [0.25, 0.3) is 6.08 Å². The number of carbonyl (C=O) groups excluding carboxylic acids is 3. The Labute approximate surface area is 230 Å². The summed E-state index contributed by atoms with van der Waals surface area (Å²) in [5.74, 6) is -0.553. The number of anilines is 1. The Hall–Kier alpha value is -2.78. The lowest BCUT2D eigenvalue weighted by Gasteiger charge is -2.13. The molecule has 1 saturated heterocycles. The normalized spacial score (nSPS) is 14.4. The molecule has 4 rings (SSSR count). The number of hydrogen-bond donors (Lipinski definition) is 1. The van der Waals surface area contributed by atoms with Crippen molar-refractivity contribution in [1.82, 2.24) is 4.90 Å². The van der Waals surface area contributed by atoms with Crippen LogP contribution in [0.1, 0.15) is 16.7 Å². The Morgan fingerprint density at radius 3 is 2.61 bits per heavy atom. The number of benzene rings is 3. The van der Waals surface area contributed by atoms with Crippen LogP contribution in [0.15, 0.2) is 70.0 Å². The van der Waals surface area contributed by atoms with Gasteiger partial charge in [0.1, 0.15) is 18.9 Å². The van der Waals surface area contributed by atoms with Gasteiger partial charge in [-0.15, -0.1) is 0 Å². The Bertz CT molecular complexity index is 1400. The highest BCUT2D eigenvalue weighted by molar-refractivity contribution is 9.10. The topological polar surface area (TPSA) is 75.7 Å². The van der Waals surface area contributed by atoms with Crippen LogP contribution in [0.5, 0.6) is 5.75 Å². The molecule has 0 aliphatic carbocycles. The molecule has 0 bridgehead atoms. The standard InChI is InChI=1S/C26H19BrCl2N2O4S/c1-15-6-8-19(12-21(15)29)30-24(32)13-31-25(33)23(36-26(31)34)11-17-10-18(27)7-9-22(17)35-14-16-4-2-3-5-20(16)28/h2-12H,13-14H2,1H3,(H,30,32)/b23-11+. The van der Waals surface area contributed by atoms with E-state index in [0.29, 0.717) is 27.0 Å². The van der Waals surface area contributed by atoms with E-state index in [1.54, 1.807) is 42.5 Å². The fourth-order valence-corrected chi connectivity index (χ4v) is 4.91. The second-order valence-corrected chi connectivity index (χ2v) is 10.6. The number of halogens is 3. The number of nitrogens with zero attached hydrogens (tertiary/aromatic N) is 1. The number of carbonyl (C=O) groups is 3. The summed E-state index contributed by atoms with van der Waals surface area (Å²) in [6, 6.07) is 17.8. The summed E-state index contributed by atoms with van der Waals surface area (Å²) in [4.78, 5) is 39.1. The molecule has 184 valence electrons. The molecule has 1 N–H and O–H groups in total. The number of aryl methyl sites for hydroxylation is 1. The van der Waals surface area contributed by atoms with Crippen molar-refractivity contribution in [3.63, 3.8) is 0 Å². The van der Waals surface area contributed by atoms with Gasteiger partial charge in [-0.1, -0.05) is 63.4 Å². The van der Waals surface area contributed by atoms with Gasteiger partial charge in [0, 0.05) is 31.3 Å². The first-order valence-electron chi connectivity index (χ1n) is 10.7. The van der Waals surface area contributed by atoms with Gasteiger partial charge in [-0.25, -0.2) is 0 Å². The lowest BCUT2D eigenvalue weighted by atomic mass is 10.1. The van der Waals surface area contributed by atoms with E-state index in [9.17, 15) is 14.4 Å². The Morgan fingerprint density at radius 1 is 1.08 bits per heavy atom. The molecule has 1 fully saturated rings. The zero-order valence-electron chi connectivity index (χ0n) is 18.9. The van der Waals surface area contributed by atoms with Crippen LogP contribution in [0.4, 0.5) is 10.5 Å². The van der Waals surface area contributed by atoms with Crippen LogP contribution in [0.2, 0.25) is 10.0 Å². The van der Waals surface area contributed by atoms with Crippen LogP contribution < -0.4 is 10.1 Å². The largest absolute Gasteiger partial charge is 0.488 e. The van der Waals surface area contributed by atoms with Gasteiger partial charge >= 0.3 is 0 Å². The summed E-state index contributed by atoms with van der Waals surface area (Å²) in [6.45, 7) is 1.66. The van der Waals surface area contributed by atoms with Gasteiger partial charge in [0.05, 0.1) is 4.91 Å². The summed E-state index contributed by atoms with van der Waals surface area (Å²) >= 11 is 16.5. The van der Waals surface area contributed by atoms with Crippen molar-refractivity contribution in [3.8, 4) is 5.75 Å². The van der Waals surface area contributed by atoms with Gasteiger partial charge in [0.2, 0.25) is 5.91 Å². The third-order valence-corrected chi connectivity index (χ3v) is 7.41. The smallest absolute Gasteiger partial charge is 0.294 e. The highest BCUT2D eigenvalue weighted by Crippen LogP contribution is 2.35. The molecule has 0 atom stereocenters. The van der Waals surface area contributed by atoms with Crippen LogP contribution >= 0.6 is 50.9 Å². The molecular formula is C26H19BrCl2N2O4S. The van der Waals surface area contributed by atoms with E-state index in [2.05, 4.69) is 21.2 Å². The predicted octanol–water partition coefficient (Wildman–Crippen LogP) is 7.32. The molecule has 1 aliphatic rings. The van der Waals surface area contributed by atoms with E-state index >= 15 is 0 Å². The number of nitrogens with one attached hydrogen (secondary N) is 1. The minimum atomic E-state index is -0.556. The van der Waals surface area contributed by atoms with Crippen molar-refractivity contribution in [2.24, 2.45) is 0 Å². The average molecular weight is 606 g/mol. The fraction of sp³-hybridized carbons (Fsp3) is 0.115. The molecule has 1 heterocycles. The van der Waals surface area contributed by atoms with E-state index in [1.807, 2.05) is 31.2 Å². The van der Waals surface area contributed by atoms with Crippen molar-refractivity contribution in [3.05, 3.63) is 96.8 Å². The van der Waals surface area contributed by atoms with Crippen molar-refractivity contribution in [1.29, 1.82) is 0 Å². The molecular weight excluding hydrogens is 587 g/mol. The number of ether oxygens (including phenoxy) is 1.